The Labute approximate surface area is 117 Å². The van der Waals surface area contributed by atoms with Crippen molar-refractivity contribution < 1.29 is 9.59 Å². The fraction of sp³-hybridized carbons (Fsp3) is 0.583. The van der Waals surface area contributed by atoms with Crippen molar-refractivity contribution in [3.05, 3.63) is 11.6 Å². The number of carbonyl (C=O) groups excluding carboxylic acids is 2. The van der Waals surface area contributed by atoms with Crippen LogP contribution in [0.15, 0.2) is 11.6 Å². The van der Waals surface area contributed by atoms with E-state index in [1.165, 1.54) is 11.3 Å². The molecule has 0 unspecified atom stereocenters. The first kappa shape index (κ1) is 15.6. The van der Waals surface area contributed by atoms with Gasteiger partial charge in [0.15, 0.2) is 5.13 Å². The molecule has 1 N–H and O–H groups in total. The first-order valence-corrected chi connectivity index (χ1v) is 7.10. The van der Waals surface area contributed by atoms with Crippen LogP contribution in [0.4, 0.5) is 5.13 Å². The third kappa shape index (κ3) is 5.35. The van der Waals surface area contributed by atoms with E-state index in [4.69, 9.17) is 0 Å². The largest absolute Gasteiger partial charge is 0.342 e. The lowest BCUT2D eigenvalue weighted by molar-refractivity contribution is -0.132. The van der Waals surface area contributed by atoms with Crippen molar-refractivity contribution in [1.29, 1.82) is 0 Å². The van der Waals surface area contributed by atoms with E-state index in [0.717, 1.165) is 0 Å². The highest BCUT2D eigenvalue weighted by molar-refractivity contribution is 7.13. The van der Waals surface area contributed by atoms with Crippen LogP contribution in [-0.4, -0.2) is 59.8 Å². The van der Waals surface area contributed by atoms with E-state index in [2.05, 4.69) is 10.3 Å². The highest BCUT2D eigenvalue weighted by Gasteiger charge is 2.14. The average Bonchev–Trinajstić information content (AvgIpc) is 2.82. The number of amides is 2. The minimum Gasteiger partial charge on any atom is -0.342 e. The molecule has 0 radical (unpaired) electrons. The predicted octanol–water partition coefficient (Wildman–Crippen LogP) is 0.882. The number of nitrogens with zero attached hydrogens (tertiary/aromatic N) is 3. The molecule has 1 aromatic heterocycles. The zero-order chi connectivity index (χ0) is 14.3. The van der Waals surface area contributed by atoms with Gasteiger partial charge >= 0.3 is 0 Å². The maximum Gasteiger partial charge on any atom is 0.240 e. The third-order valence-electron chi connectivity index (χ3n) is 2.61. The van der Waals surface area contributed by atoms with Crippen LogP contribution in [0.1, 0.15) is 13.8 Å². The molecule has 0 aliphatic heterocycles. The smallest absolute Gasteiger partial charge is 0.240 e. The van der Waals surface area contributed by atoms with E-state index in [1.807, 2.05) is 13.8 Å². The lowest BCUT2D eigenvalue weighted by Gasteiger charge is -2.22. The molecule has 0 saturated heterocycles. The molecule has 0 saturated carbocycles. The van der Waals surface area contributed by atoms with Gasteiger partial charge in [-0.25, -0.2) is 4.98 Å². The second-order valence-electron chi connectivity index (χ2n) is 4.12. The van der Waals surface area contributed by atoms with Crippen molar-refractivity contribution in [2.24, 2.45) is 0 Å². The second kappa shape index (κ2) is 7.85. The molecule has 0 spiro atoms. The standard InChI is InChI=1S/C12H20N4O2S/c1-4-16(5-2)11(18)9-15(3)8-10(17)14-12-13-6-7-19-12/h6-7H,4-5,8-9H2,1-3H3,(H,13,14,17). The van der Waals surface area contributed by atoms with Crippen LogP contribution in [-0.2, 0) is 9.59 Å². The van der Waals surface area contributed by atoms with E-state index in [0.29, 0.717) is 18.2 Å². The number of hydrogen-bond acceptors (Lipinski definition) is 5. The molecule has 1 heterocycles. The Bertz CT molecular complexity index is 404. The summed E-state index contributed by atoms with van der Waals surface area (Å²) in [6.45, 7) is 5.68. The first-order chi connectivity index (χ1) is 9.06. The van der Waals surface area contributed by atoms with E-state index < -0.39 is 0 Å². The van der Waals surface area contributed by atoms with Crippen LogP contribution in [0.3, 0.4) is 0 Å². The zero-order valence-corrected chi connectivity index (χ0v) is 12.4. The van der Waals surface area contributed by atoms with Gasteiger partial charge in [0, 0.05) is 24.7 Å². The van der Waals surface area contributed by atoms with Gasteiger partial charge in [-0.05, 0) is 20.9 Å². The number of carbonyl (C=O) groups is 2. The van der Waals surface area contributed by atoms with Gasteiger partial charge in [0.1, 0.15) is 0 Å². The van der Waals surface area contributed by atoms with Crippen molar-refractivity contribution in [3.8, 4) is 0 Å². The van der Waals surface area contributed by atoms with Crippen molar-refractivity contribution in [3.63, 3.8) is 0 Å². The molecule has 19 heavy (non-hydrogen) atoms. The number of aromatic nitrogens is 1. The summed E-state index contributed by atoms with van der Waals surface area (Å²) in [5.74, 6) is -0.126. The fourth-order valence-corrected chi connectivity index (χ4v) is 2.20. The molecule has 0 atom stereocenters. The molecule has 2 amide bonds. The zero-order valence-electron chi connectivity index (χ0n) is 11.5. The second-order valence-corrected chi connectivity index (χ2v) is 5.02. The SMILES string of the molecule is CCN(CC)C(=O)CN(C)CC(=O)Nc1nccs1. The summed E-state index contributed by atoms with van der Waals surface area (Å²) in [5.41, 5.74) is 0. The minimum atomic E-state index is -0.162. The van der Waals surface area contributed by atoms with Crippen LogP contribution in [0.2, 0.25) is 0 Å². The minimum absolute atomic E-state index is 0.0366. The molecular formula is C12H20N4O2S. The van der Waals surface area contributed by atoms with Gasteiger partial charge in [-0.3, -0.25) is 14.5 Å². The Morgan fingerprint density at radius 1 is 1.32 bits per heavy atom. The molecule has 0 fully saturated rings. The highest BCUT2D eigenvalue weighted by atomic mass is 32.1. The average molecular weight is 284 g/mol. The maximum absolute atomic E-state index is 11.9. The van der Waals surface area contributed by atoms with Gasteiger partial charge in [0.2, 0.25) is 11.8 Å². The van der Waals surface area contributed by atoms with E-state index in [9.17, 15) is 9.59 Å². The van der Waals surface area contributed by atoms with Gasteiger partial charge in [-0.2, -0.15) is 0 Å². The number of rotatable bonds is 7. The van der Waals surface area contributed by atoms with E-state index >= 15 is 0 Å². The summed E-state index contributed by atoms with van der Waals surface area (Å²) in [6.07, 6.45) is 1.63. The van der Waals surface area contributed by atoms with Crippen molar-refractivity contribution in [2.45, 2.75) is 13.8 Å². The molecule has 0 aliphatic carbocycles. The molecule has 0 aliphatic rings. The topological polar surface area (TPSA) is 65.5 Å². The molecule has 0 bridgehead atoms. The quantitative estimate of drug-likeness (QED) is 0.807. The molecule has 1 aromatic rings. The summed E-state index contributed by atoms with van der Waals surface area (Å²) in [6, 6.07) is 0. The molecule has 6 nitrogen and oxygen atoms in total. The Kier molecular flexibility index (Phi) is 6.44. The summed E-state index contributed by atoms with van der Waals surface area (Å²) >= 11 is 1.37. The molecule has 106 valence electrons. The number of hydrogen-bond donors (Lipinski definition) is 1. The lowest BCUT2D eigenvalue weighted by atomic mass is 10.4. The highest BCUT2D eigenvalue weighted by Crippen LogP contribution is 2.09. The molecule has 0 aromatic carbocycles. The van der Waals surface area contributed by atoms with Gasteiger partial charge in [-0.1, -0.05) is 0 Å². The lowest BCUT2D eigenvalue weighted by Crippen LogP contribution is -2.41. The monoisotopic (exact) mass is 284 g/mol. The Morgan fingerprint density at radius 2 is 2.00 bits per heavy atom. The Morgan fingerprint density at radius 3 is 2.53 bits per heavy atom. The van der Waals surface area contributed by atoms with Crippen molar-refractivity contribution in [1.82, 2.24) is 14.8 Å². The number of thiazole rings is 1. The van der Waals surface area contributed by atoms with Crippen LogP contribution in [0, 0.1) is 0 Å². The summed E-state index contributed by atoms with van der Waals surface area (Å²) < 4.78 is 0. The predicted molar refractivity (Wildman–Crippen MR) is 76.2 cm³/mol. The van der Waals surface area contributed by atoms with Gasteiger partial charge in [0.25, 0.3) is 0 Å². The first-order valence-electron chi connectivity index (χ1n) is 6.22. The van der Waals surface area contributed by atoms with Gasteiger partial charge < -0.3 is 10.2 Å². The molecule has 1 rings (SSSR count). The van der Waals surface area contributed by atoms with Gasteiger partial charge in [-0.15, -0.1) is 11.3 Å². The van der Waals surface area contributed by atoms with Crippen LogP contribution < -0.4 is 5.32 Å². The van der Waals surface area contributed by atoms with Gasteiger partial charge in [0.05, 0.1) is 13.1 Å². The maximum atomic E-state index is 11.9. The van der Waals surface area contributed by atoms with Crippen LogP contribution in [0.25, 0.3) is 0 Å². The summed E-state index contributed by atoms with van der Waals surface area (Å²) in [5, 5.41) is 5.06. The Balaban J connectivity index is 2.36. The van der Waals surface area contributed by atoms with Crippen LogP contribution >= 0.6 is 11.3 Å². The summed E-state index contributed by atoms with van der Waals surface area (Å²) in [7, 11) is 1.75. The Hall–Kier alpha value is -1.47. The fourth-order valence-electron chi connectivity index (χ4n) is 1.65. The number of likely N-dealkylation sites (N-methyl/N-ethyl adjacent to an activating group) is 2. The van der Waals surface area contributed by atoms with Crippen molar-refractivity contribution >= 4 is 28.3 Å². The van der Waals surface area contributed by atoms with E-state index in [-0.39, 0.29) is 24.9 Å². The number of anilines is 1. The molecular weight excluding hydrogens is 264 g/mol. The summed E-state index contributed by atoms with van der Waals surface area (Å²) in [4.78, 5) is 31.0. The third-order valence-corrected chi connectivity index (χ3v) is 3.30. The number of nitrogens with one attached hydrogen (secondary N) is 1. The van der Waals surface area contributed by atoms with E-state index in [1.54, 1.807) is 28.4 Å². The van der Waals surface area contributed by atoms with Crippen molar-refractivity contribution in [2.75, 3.05) is 38.5 Å². The normalized spacial score (nSPS) is 10.5. The van der Waals surface area contributed by atoms with Crippen LogP contribution in [0.5, 0.6) is 0 Å². The molecule has 7 heteroatoms.